The molecule has 0 nitrogen and oxygen atoms in total. The lowest BCUT2D eigenvalue weighted by atomic mass is 10.1. The molecule has 1 aromatic carbocycles. The average Bonchev–Trinajstić information content (AvgIpc) is 2.65. The third-order valence-electron chi connectivity index (χ3n) is 2.21. The van der Waals surface area contributed by atoms with E-state index in [0.29, 0.717) is 0 Å². The standard InChI is InChI=1S/C12H10BrClS/c1-8-2-4-9(5-3-8)12(14)10-6-7-11(13)15-10/h2-7,12H,1H3. The van der Waals surface area contributed by atoms with Gasteiger partial charge in [0, 0.05) is 4.88 Å². The van der Waals surface area contributed by atoms with Crippen molar-refractivity contribution in [3.8, 4) is 0 Å². The topological polar surface area (TPSA) is 0 Å². The van der Waals surface area contributed by atoms with E-state index in [1.165, 1.54) is 10.4 Å². The van der Waals surface area contributed by atoms with Crippen molar-refractivity contribution in [2.24, 2.45) is 0 Å². The second-order valence-electron chi connectivity index (χ2n) is 3.42. The molecule has 0 bridgehead atoms. The van der Waals surface area contributed by atoms with Crippen LogP contribution in [0, 0.1) is 6.92 Å². The van der Waals surface area contributed by atoms with Crippen molar-refractivity contribution in [3.05, 3.63) is 56.2 Å². The molecule has 0 aliphatic heterocycles. The van der Waals surface area contributed by atoms with Crippen LogP contribution in [0.1, 0.15) is 21.4 Å². The molecule has 1 atom stereocenters. The molecule has 78 valence electrons. The molecule has 15 heavy (non-hydrogen) atoms. The molecule has 0 aliphatic rings. The molecule has 1 unspecified atom stereocenters. The number of aryl methyl sites for hydroxylation is 1. The summed E-state index contributed by atoms with van der Waals surface area (Å²) in [4.78, 5) is 1.17. The highest BCUT2D eigenvalue weighted by atomic mass is 79.9. The fourth-order valence-corrected chi connectivity index (χ4v) is 3.15. The summed E-state index contributed by atoms with van der Waals surface area (Å²) >= 11 is 11.5. The van der Waals surface area contributed by atoms with Crippen LogP contribution in [0.4, 0.5) is 0 Å². The van der Waals surface area contributed by atoms with Gasteiger partial charge < -0.3 is 0 Å². The van der Waals surface area contributed by atoms with Crippen LogP contribution in [0.2, 0.25) is 0 Å². The van der Waals surface area contributed by atoms with Gasteiger partial charge in [0.2, 0.25) is 0 Å². The summed E-state index contributed by atoms with van der Waals surface area (Å²) in [6.07, 6.45) is 0. The van der Waals surface area contributed by atoms with Crippen molar-refractivity contribution in [1.29, 1.82) is 0 Å². The van der Waals surface area contributed by atoms with Crippen LogP contribution < -0.4 is 0 Å². The third kappa shape index (κ3) is 2.63. The van der Waals surface area contributed by atoms with Crippen LogP contribution in [0.25, 0.3) is 0 Å². The van der Waals surface area contributed by atoms with E-state index in [0.717, 1.165) is 9.35 Å². The van der Waals surface area contributed by atoms with Crippen molar-refractivity contribution in [2.45, 2.75) is 12.3 Å². The highest BCUT2D eigenvalue weighted by Crippen LogP contribution is 2.35. The molecule has 1 aromatic heterocycles. The van der Waals surface area contributed by atoms with Crippen molar-refractivity contribution in [3.63, 3.8) is 0 Å². The molecule has 0 fully saturated rings. The summed E-state index contributed by atoms with van der Waals surface area (Å²) in [5, 5.41) is -0.0399. The Kier molecular flexibility index (Phi) is 3.49. The lowest BCUT2D eigenvalue weighted by Crippen LogP contribution is -1.89. The highest BCUT2D eigenvalue weighted by molar-refractivity contribution is 9.11. The predicted molar refractivity (Wildman–Crippen MR) is 70.9 cm³/mol. The van der Waals surface area contributed by atoms with Crippen molar-refractivity contribution < 1.29 is 0 Å². The number of thiophene rings is 1. The third-order valence-corrected chi connectivity index (χ3v) is 4.52. The van der Waals surface area contributed by atoms with E-state index in [1.807, 2.05) is 6.07 Å². The summed E-state index contributed by atoms with van der Waals surface area (Å²) in [6.45, 7) is 2.08. The van der Waals surface area contributed by atoms with E-state index >= 15 is 0 Å². The highest BCUT2D eigenvalue weighted by Gasteiger charge is 2.12. The maximum Gasteiger partial charge on any atom is 0.0928 e. The molecule has 0 aliphatic carbocycles. The summed E-state index contributed by atoms with van der Waals surface area (Å²) in [7, 11) is 0. The lowest BCUT2D eigenvalue weighted by molar-refractivity contribution is 1.18. The average molecular weight is 302 g/mol. The first-order chi connectivity index (χ1) is 7.16. The smallest absolute Gasteiger partial charge is 0.0928 e. The predicted octanol–water partition coefficient (Wildman–Crippen LogP) is 5.15. The molecule has 0 radical (unpaired) electrons. The molecule has 0 spiro atoms. The van der Waals surface area contributed by atoms with E-state index in [2.05, 4.69) is 53.2 Å². The van der Waals surface area contributed by atoms with Gasteiger partial charge in [-0.15, -0.1) is 22.9 Å². The summed E-state index contributed by atoms with van der Waals surface area (Å²) in [6, 6.07) is 12.4. The Morgan fingerprint density at radius 2 is 1.80 bits per heavy atom. The molecule has 0 saturated heterocycles. The fourth-order valence-electron chi connectivity index (χ4n) is 1.36. The van der Waals surface area contributed by atoms with Gasteiger partial charge in [0.15, 0.2) is 0 Å². The normalized spacial score (nSPS) is 12.7. The molecule has 1 heterocycles. The first-order valence-electron chi connectivity index (χ1n) is 4.62. The van der Waals surface area contributed by atoms with Gasteiger partial charge in [0.1, 0.15) is 0 Å². The van der Waals surface area contributed by atoms with E-state index < -0.39 is 0 Å². The Hall–Kier alpha value is -0.310. The molecule has 0 amide bonds. The Balaban J connectivity index is 2.28. The SMILES string of the molecule is Cc1ccc(C(Cl)c2ccc(Br)s2)cc1. The van der Waals surface area contributed by atoms with Crippen molar-refractivity contribution in [1.82, 2.24) is 0 Å². The summed E-state index contributed by atoms with van der Waals surface area (Å²) in [5.74, 6) is 0. The van der Waals surface area contributed by atoms with Gasteiger partial charge in [-0.05, 0) is 40.5 Å². The molecule has 2 aromatic rings. The second-order valence-corrected chi connectivity index (χ2v) is 6.35. The number of rotatable bonds is 2. The Morgan fingerprint density at radius 3 is 2.33 bits per heavy atom. The minimum absolute atomic E-state index is 0.0399. The van der Waals surface area contributed by atoms with Crippen molar-refractivity contribution >= 4 is 38.9 Å². The zero-order chi connectivity index (χ0) is 10.8. The van der Waals surface area contributed by atoms with E-state index in [1.54, 1.807) is 11.3 Å². The van der Waals surface area contributed by atoms with Gasteiger partial charge in [0.25, 0.3) is 0 Å². The fraction of sp³-hybridized carbons (Fsp3) is 0.167. The molecular weight excluding hydrogens is 292 g/mol. The molecule has 2 rings (SSSR count). The lowest BCUT2D eigenvalue weighted by Gasteiger charge is -2.07. The Bertz CT molecular complexity index is 447. The molecule has 0 N–H and O–H groups in total. The minimum atomic E-state index is -0.0399. The molecule has 3 heteroatoms. The van der Waals surface area contributed by atoms with Gasteiger partial charge >= 0.3 is 0 Å². The zero-order valence-electron chi connectivity index (χ0n) is 8.21. The van der Waals surface area contributed by atoms with Crippen LogP contribution in [-0.4, -0.2) is 0 Å². The maximum atomic E-state index is 6.39. The zero-order valence-corrected chi connectivity index (χ0v) is 11.4. The largest absolute Gasteiger partial charge is 0.131 e. The monoisotopic (exact) mass is 300 g/mol. The Morgan fingerprint density at radius 1 is 1.13 bits per heavy atom. The number of alkyl halides is 1. The van der Waals surface area contributed by atoms with Gasteiger partial charge in [-0.3, -0.25) is 0 Å². The van der Waals surface area contributed by atoms with Crippen LogP contribution >= 0.6 is 38.9 Å². The minimum Gasteiger partial charge on any atom is -0.131 e. The maximum absolute atomic E-state index is 6.39. The van der Waals surface area contributed by atoms with Crippen LogP contribution in [0.15, 0.2) is 40.2 Å². The first kappa shape index (κ1) is 11.2. The van der Waals surface area contributed by atoms with E-state index in [9.17, 15) is 0 Å². The Labute approximate surface area is 107 Å². The number of halogens is 2. The number of hydrogen-bond donors (Lipinski definition) is 0. The van der Waals surface area contributed by atoms with Crippen LogP contribution in [-0.2, 0) is 0 Å². The summed E-state index contributed by atoms with van der Waals surface area (Å²) < 4.78 is 1.12. The summed E-state index contributed by atoms with van der Waals surface area (Å²) in [5.41, 5.74) is 2.41. The quantitative estimate of drug-likeness (QED) is 0.673. The first-order valence-corrected chi connectivity index (χ1v) is 6.67. The van der Waals surface area contributed by atoms with E-state index in [4.69, 9.17) is 11.6 Å². The van der Waals surface area contributed by atoms with Crippen LogP contribution in [0.3, 0.4) is 0 Å². The number of benzene rings is 1. The van der Waals surface area contributed by atoms with E-state index in [-0.39, 0.29) is 5.38 Å². The van der Waals surface area contributed by atoms with Gasteiger partial charge in [-0.2, -0.15) is 0 Å². The molecular formula is C12H10BrClS. The number of hydrogen-bond acceptors (Lipinski definition) is 1. The molecule has 0 saturated carbocycles. The van der Waals surface area contributed by atoms with Gasteiger partial charge in [-0.1, -0.05) is 29.8 Å². The van der Waals surface area contributed by atoms with Crippen molar-refractivity contribution in [2.75, 3.05) is 0 Å². The van der Waals surface area contributed by atoms with Gasteiger partial charge in [-0.25, -0.2) is 0 Å². The second kappa shape index (κ2) is 4.69. The van der Waals surface area contributed by atoms with Gasteiger partial charge in [0.05, 0.1) is 9.16 Å². The van der Waals surface area contributed by atoms with Crippen LogP contribution in [0.5, 0.6) is 0 Å².